The average Bonchev–Trinajstić information content (AvgIpc) is 2.98. The molecule has 0 aromatic carbocycles. The molecule has 2 aliphatic rings. The van der Waals surface area contributed by atoms with Gasteiger partial charge in [-0.05, 0) is 12.8 Å². The molecule has 5 heteroatoms. The zero-order chi connectivity index (χ0) is 11.8. The molecule has 0 aliphatic carbocycles. The van der Waals surface area contributed by atoms with Gasteiger partial charge in [0.15, 0.2) is 0 Å². The second-order valence-electron chi connectivity index (χ2n) is 4.76. The lowest BCUT2D eigenvalue weighted by molar-refractivity contribution is -0.142. The van der Waals surface area contributed by atoms with Crippen LogP contribution in [0.5, 0.6) is 0 Å². The summed E-state index contributed by atoms with van der Waals surface area (Å²) in [5.74, 6) is 0.148. The lowest BCUT2D eigenvalue weighted by Gasteiger charge is -2.29. The first-order chi connectivity index (χ1) is 8.25. The average molecular weight is 235 g/mol. The number of hydrogen-bond donors (Lipinski definition) is 0. The van der Waals surface area contributed by atoms with Gasteiger partial charge in [-0.25, -0.2) is 4.98 Å². The Labute approximate surface area is 100 Å². The van der Waals surface area contributed by atoms with Crippen LogP contribution in [-0.4, -0.2) is 39.6 Å². The topological polar surface area (TPSA) is 47.4 Å². The van der Waals surface area contributed by atoms with Crippen LogP contribution in [-0.2, 0) is 29.5 Å². The van der Waals surface area contributed by atoms with E-state index in [-0.39, 0.29) is 12.0 Å². The van der Waals surface area contributed by atoms with Gasteiger partial charge < -0.3 is 14.2 Å². The van der Waals surface area contributed by atoms with Crippen molar-refractivity contribution >= 4 is 5.91 Å². The van der Waals surface area contributed by atoms with Gasteiger partial charge in [0, 0.05) is 26.6 Å². The monoisotopic (exact) mass is 235 g/mol. The zero-order valence-corrected chi connectivity index (χ0v) is 10.1. The maximum Gasteiger partial charge on any atom is 0.252 e. The lowest BCUT2D eigenvalue weighted by Crippen LogP contribution is -2.42. The van der Waals surface area contributed by atoms with Crippen molar-refractivity contribution in [2.75, 3.05) is 13.2 Å². The summed E-state index contributed by atoms with van der Waals surface area (Å²) in [5, 5.41) is 0. The van der Waals surface area contributed by atoms with Gasteiger partial charge in [-0.1, -0.05) is 0 Å². The third-order valence-corrected chi connectivity index (χ3v) is 3.62. The SMILES string of the molecule is Cn1cnc2c1CN(C(=O)C1CCCO1)CC2. The molecule has 0 saturated carbocycles. The van der Waals surface area contributed by atoms with Gasteiger partial charge in [0.25, 0.3) is 5.91 Å². The first-order valence-electron chi connectivity index (χ1n) is 6.15. The van der Waals surface area contributed by atoms with Gasteiger partial charge >= 0.3 is 0 Å². The van der Waals surface area contributed by atoms with Gasteiger partial charge in [0.1, 0.15) is 6.10 Å². The Morgan fingerprint density at radius 2 is 2.47 bits per heavy atom. The van der Waals surface area contributed by atoms with Gasteiger partial charge in [0.05, 0.1) is 24.3 Å². The Kier molecular flexibility index (Phi) is 2.63. The van der Waals surface area contributed by atoms with Crippen molar-refractivity contribution < 1.29 is 9.53 Å². The second-order valence-corrected chi connectivity index (χ2v) is 4.76. The highest BCUT2D eigenvalue weighted by Gasteiger charge is 2.31. The quantitative estimate of drug-likeness (QED) is 0.711. The number of fused-ring (bicyclic) bond motifs is 1. The molecule has 3 heterocycles. The standard InChI is InChI=1S/C12H17N3O2/c1-14-8-13-9-4-5-15(7-10(9)14)12(16)11-3-2-6-17-11/h8,11H,2-7H2,1H3. The van der Waals surface area contributed by atoms with Crippen LogP contribution in [0.4, 0.5) is 0 Å². The largest absolute Gasteiger partial charge is 0.368 e. The van der Waals surface area contributed by atoms with Crippen LogP contribution in [0.3, 0.4) is 0 Å². The fourth-order valence-electron chi connectivity index (χ4n) is 2.58. The highest BCUT2D eigenvalue weighted by molar-refractivity contribution is 5.81. The predicted molar refractivity (Wildman–Crippen MR) is 61.3 cm³/mol. The van der Waals surface area contributed by atoms with Crippen LogP contribution in [0.25, 0.3) is 0 Å². The number of amides is 1. The van der Waals surface area contributed by atoms with Crippen LogP contribution >= 0.6 is 0 Å². The summed E-state index contributed by atoms with van der Waals surface area (Å²) in [7, 11) is 1.98. The Hall–Kier alpha value is -1.36. The van der Waals surface area contributed by atoms with Gasteiger partial charge in [0.2, 0.25) is 0 Å². The molecule has 1 unspecified atom stereocenters. The van der Waals surface area contributed by atoms with E-state index in [1.54, 1.807) is 0 Å². The number of aromatic nitrogens is 2. The minimum Gasteiger partial charge on any atom is -0.368 e. The Balaban J connectivity index is 1.74. The van der Waals surface area contributed by atoms with E-state index in [0.29, 0.717) is 6.54 Å². The summed E-state index contributed by atoms with van der Waals surface area (Å²) < 4.78 is 7.46. The maximum atomic E-state index is 12.2. The second kappa shape index (κ2) is 4.14. The number of carbonyl (C=O) groups excluding carboxylic acids is 1. The number of imidazole rings is 1. The minimum atomic E-state index is -0.204. The Bertz CT molecular complexity index is 435. The van der Waals surface area contributed by atoms with E-state index in [1.165, 1.54) is 0 Å². The van der Waals surface area contributed by atoms with Gasteiger partial charge in [-0.3, -0.25) is 4.79 Å². The number of hydrogen-bond acceptors (Lipinski definition) is 3. The summed E-state index contributed by atoms with van der Waals surface area (Å²) in [4.78, 5) is 18.5. The molecular weight excluding hydrogens is 218 g/mol. The molecule has 0 bridgehead atoms. The van der Waals surface area contributed by atoms with Gasteiger partial charge in [-0.15, -0.1) is 0 Å². The molecule has 2 aliphatic heterocycles. The summed E-state index contributed by atoms with van der Waals surface area (Å²) in [6.45, 7) is 2.16. The van der Waals surface area contributed by atoms with E-state index < -0.39 is 0 Å². The summed E-state index contributed by atoms with van der Waals surface area (Å²) in [6.07, 6.45) is 4.35. The van der Waals surface area contributed by atoms with Crippen LogP contribution in [0.1, 0.15) is 24.2 Å². The van der Waals surface area contributed by atoms with Crippen molar-refractivity contribution in [3.63, 3.8) is 0 Å². The molecule has 17 heavy (non-hydrogen) atoms. The molecule has 0 radical (unpaired) electrons. The number of aryl methyl sites for hydroxylation is 1. The molecule has 1 aromatic rings. The molecule has 1 fully saturated rings. The lowest BCUT2D eigenvalue weighted by atomic mass is 10.1. The van der Waals surface area contributed by atoms with Crippen molar-refractivity contribution in [2.24, 2.45) is 7.05 Å². The smallest absolute Gasteiger partial charge is 0.252 e. The van der Waals surface area contributed by atoms with Crippen LogP contribution in [0.15, 0.2) is 6.33 Å². The molecule has 0 spiro atoms. The minimum absolute atomic E-state index is 0.148. The van der Waals surface area contributed by atoms with Crippen molar-refractivity contribution in [3.05, 3.63) is 17.7 Å². The normalized spacial score (nSPS) is 23.8. The van der Waals surface area contributed by atoms with E-state index in [4.69, 9.17) is 4.74 Å². The third-order valence-electron chi connectivity index (χ3n) is 3.62. The van der Waals surface area contributed by atoms with E-state index in [0.717, 1.165) is 43.8 Å². The predicted octanol–water partition coefficient (Wildman–Crippen LogP) is 0.484. The molecule has 3 rings (SSSR count). The number of nitrogens with zero attached hydrogens (tertiary/aromatic N) is 3. The molecule has 1 aromatic heterocycles. The first kappa shape index (κ1) is 10.8. The van der Waals surface area contributed by atoms with Gasteiger partial charge in [-0.2, -0.15) is 0 Å². The molecular formula is C12H17N3O2. The van der Waals surface area contributed by atoms with Crippen molar-refractivity contribution in [3.8, 4) is 0 Å². The molecule has 1 saturated heterocycles. The fraction of sp³-hybridized carbons (Fsp3) is 0.667. The Morgan fingerprint density at radius 3 is 3.24 bits per heavy atom. The van der Waals surface area contributed by atoms with Crippen molar-refractivity contribution in [1.29, 1.82) is 0 Å². The molecule has 1 amide bonds. The van der Waals surface area contributed by atoms with Crippen LogP contribution in [0.2, 0.25) is 0 Å². The zero-order valence-electron chi connectivity index (χ0n) is 10.1. The first-order valence-corrected chi connectivity index (χ1v) is 6.15. The van der Waals surface area contributed by atoms with E-state index in [2.05, 4.69) is 4.98 Å². The van der Waals surface area contributed by atoms with E-state index in [9.17, 15) is 4.79 Å². The number of rotatable bonds is 1. The number of ether oxygens (including phenoxy) is 1. The summed E-state index contributed by atoms with van der Waals surface area (Å²) >= 11 is 0. The highest BCUT2D eigenvalue weighted by atomic mass is 16.5. The highest BCUT2D eigenvalue weighted by Crippen LogP contribution is 2.21. The molecule has 1 atom stereocenters. The van der Waals surface area contributed by atoms with Crippen LogP contribution in [0, 0.1) is 0 Å². The van der Waals surface area contributed by atoms with Crippen LogP contribution < -0.4 is 0 Å². The maximum absolute atomic E-state index is 12.2. The number of carbonyl (C=O) groups is 1. The molecule has 92 valence electrons. The fourth-order valence-corrected chi connectivity index (χ4v) is 2.58. The van der Waals surface area contributed by atoms with Crippen molar-refractivity contribution in [2.45, 2.75) is 31.9 Å². The molecule has 0 N–H and O–H groups in total. The molecule has 5 nitrogen and oxygen atoms in total. The summed E-state index contributed by atoms with van der Waals surface area (Å²) in [6, 6.07) is 0. The van der Waals surface area contributed by atoms with E-state index in [1.807, 2.05) is 22.8 Å². The summed E-state index contributed by atoms with van der Waals surface area (Å²) in [5.41, 5.74) is 2.28. The Morgan fingerprint density at radius 1 is 1.59 bits per heavy atom. The van der Waals surface area contributed by atoms with Crippen molar-refractivity contribution in [1.82, 2.24) is 14.5 Å². The third kappa shape index (κ3) is 1.84. The van der Waals surface area contributed by atoms with E-state index >= 15 is 0 Å².